The molecule has 0 saturated heterocycles. The molecule has 0 atom stereocenters. The van der Waals surface area contributed by atoms with Gasteiger partial charge in [-0.3, -0.25) is 9.59 Å². The lowest BCUT2D eigenvalue weighted by Gasteiger charge is -2.43. The van der Waals surface area contributed by atoms with E-state index in [4.69, 9.17) is 20.9 Å². The van der Waals surface area contributed by atoms with Crippen LogP contribution in [0.1, 0.15) is 80.0 Å². The molecule has 4 aromatic carbocycles. The lowest BCUT2D eigenvalue weighted by molar-refractivity contribution is -0.234. The van der Waals surface area contributed by atoms with Crippen LogP contribution in [0.15, 0.2) is 109 Å². The van der Waals surface area contributed by atoms with Crippen molar-refractivity contribution in [2.24, 2.45) is 5.41 Å². The van der Waals surface area contributed by atoms with Crippen LogP contribution in [0.5, 0.6) is 11.5 Å². The van der Waals surface area contributed by atoms with Crippen molar-refractivity contribution < 1.29 is 48.3 Å². The summed E-state index contributed by atoms with van der Waals surface area (Å²) in [6, 6.07) is 28.5. The zero-order chi connectivity index (χ0) is 44.1. The summed E-state index contributed by atoms with van der Waals surface area (Å²) in [5.74, 6) is -3.48. The molecule has 6 N–H and O–H groups in total. The van der Waals surface area contributed by atoms with E-state index < -0.39 is 28.9 Å². The molecule has 0 aromatic heterocycles. The predicted molar refractivity (Wildman–Crippen MR) is 236 cm³/mol. The van der Waals surface area contributed by atoms with Crippen LogP contribution < -0.4 is 20.9 Å². The number of unbranched alkanes of at least 4 members (excludes halogenated alkanes) is 4. The van der Waals surface area contributed by atoms with Crippen molar-refractivity contribution in [3.8, 4) is 11.5 Å². The summed E-state index contributed by atoms with van der Waals surface area (Å²) >= 11 is 0. The van der Waals surface area contributed by atoms with Crippen LogP contribution in [0, 0.1) is 5.41 Å². The molecule has 0 fully saturated rings. The highest BCUT2D eigenvalue weighted by molar-refractivity contribution is 5.89. The summed E-state index contributed by atoms with van der Waals surface area (Å²) in [6.45, 7) is 0.808. The van der Waals surface area contributed by atoms with E-state index >= 15 is 0 Å². The van der Waals surface area contributed by atoms with Gasteiger partial charge in [0.05, 0.1) is 27.4 Å². The summed E-state index contributed by atoms with van der Waals surface area (Å²) in [6.07, 6.45) is 9.03. The Morgan fingerprint density at radius 3 is 1.43 bits per heavy atom. The summed E-state index contributed by atoms with van der Waals surface area (Å²) in [4.78, 5) is 50.6. The topological polar surface area (TPSA) is 198 Å². The Balaban J connectivity index is 1.39. The molecule has 0 unspecified atom stereocenters. The van der Waals surface area contributed by atoms with E-state index in [2.05, 4.69) is 9.47 Å². The number of para-hydroxylation sites is 2. The fourth-order valence-electron chi connectivity index (χ4n) is 6.97. The Labute approximate surface area is 358 Å². The number of ketones is 2. The number of carbonyl (C=O) groups is 4. The SMILES string of the molecule is COC(=O)C=Cc1ccc(OCCCCCC(=O)CC(Cc2ccccc2N)(Cc2ccccc2N)C(O)(O)C(=O)CCCCCOc2ccc(C=CC(=O)OC)cc2)cc1. The maximum atomic E-state index is 14.0. The fraction of sp³-hybridized carbons (Fsp3) is 0.347. The molecular formula is C49H58N2O10. The minimum atomic E-state index is -2.91. The van der Waals surface area contributed by atoms with Gasteiger partial charge in [-0.1, -0.05) is 60.7 Å². The zero-order valence-electron chi connectivity index (χ0n) is 35.1. The van der Waals surface area contributed by atoms with Crippen molar-refractivity contribution in [1.29, 1.82) is 0 Å². The Morgan fingerprint density at radius 2 is 1.00 bits per heavy atom. The molecule has 0 aliphatic carbocycles. The summed E-state index contributed by atoms with van der Waals surface area (Å²) in [5, 5.41) is 24.2. The van der Waals surface area contributed by atoms with Gasteiger partial charge in [0.2, 0.25) is 5.79 Å². The number of hydrogen-bond acceptors (Lipinski definition) is 12. The monoisotopic (exact) mass is 834 g/mol. The first kappa shape index (κ1) is 47.4. The Hall–Kier alpha value is -6.24. The average Bonchev–Trinajstić information content (AvgIpc) is 3.26. The average molecular weight is 835 g/mol. The number of Topliss-reactive ketones (excluding diaryl/α,β-unsaturated/α-hetero) is 2. The molecule has 61 heavy (non-hydrogen) atoms. The molecular weight excluding hydrogens is 777 g/mol. The number of benzene rings is 4. The number of rotatable bonds is 26. The molecule has 0 aliphatic heterocycles. The first-order valence-corrected chi connectivity index (χ1v) is 20.5. The van der Waals surface area contributed by atoms with Gasteiger partial charge in [0.25, 0.3) is 0 Å². The van der Waals surface area contributed by atoms with Crippen molar-refractivity contribution in [3.63, 3.8) is 0 Å². The molecule has 0 radical (unpaired) electrons. The van der Waals surface area contributed by atoms with Crippen LogP contribution in [-0.4, -0.2) is 66.9 Å². The molecule has 4 aromatic rings. The number of ether oxygens (including phenoxy) is 4. The molecule has 0 bridgehead atoms. The van der Waals surface area contributed by atoms with Crippen molar-refractivity contribution in [1.82, 2.24) is 0 Å². The second-order valence-electron chi connectivity index (χ2n) is 15.0. The second kappa shape index (κ2) is 24.1. The van der Waals surface area contributed by atoms with Gasteiger partial charge in [-0.2, -0.15) is 0 Å². The van der Waals surface area contributed by atoms with E-state index in [-0.39, 0.29) is 37.9 Å². The summed E-state index contributed by atoms with van der Waals surface area (Å²) in [5.41, 5.74) is 14.7. The van der Waals surface area contributed by atoms with Gasteiger partial charge in [0.1, 0.15) is 17.3 Å². The molecule has 0 amide bonds. The number of hydrogen-bond donors (Lipinski definition) is 4. The number of anilines is 2. The van der Waals surface area contributed by atoms with Crippen molar-refractivity contribution in [2.45, 2.75) is 76.4 Å². The number of nitrogen functional groups attached to an aromatic ring is 2. The van der Waals surface area contributed by atoms with Gasteiger partial charge in [0, 0.05) is 48.2 Å². The van der Waals surface area contributed by atoms with E-state index in [1.807, 2.05) is 36.4 Å². The number of aliphatic hydroxyl groups is 2. The molecule has 0 aliphatic rings. The molecule has 12 heteroatoms. The van der Waals surface area contributed by atoms with E-state index in [0.29, 0.717) is 85.7 Å². The summed E-state index contributed by atoms with van der Waals surface area (Å²) < 4.78 is 20.9. The zero-order valence-corrected chi connectivity index (χ0v) is 35.1. The first-order valence-electron chi connectivity index (χ1n) is 20.5. The largest absolute Gasteiger partial charge is 0.494 e. The highest BCUT2D eigenvalue weighted by atomic mass is 16.5. The van der Waals surface area contributed by atoms with Crippen LogP contribution in [0.2, 0.25) is 0 Å². The summed E-state index contributed by atoms with van der Waals surface area (Å²) in [7, 11) is 2.63. The molecule has 324 valence electrons. The van der Waals surface area contributed by atoms with Crippen LogP contribution in [0.3, 0.4) is 0 Å². The van der Waals surface area contributed by atoms with Gasteiger partial charge in [-0.25, -0.2) is 9.59 Å². The first-order chi connectivity index (χ1) is 29.4. The maximum Gasteiger partial charge on any atom is 0.330 e. The minimum Gasteiger partial charge on any atom is -0.494 e. The van der Waals surface area contributed by atoms with Crippen molar-refractivity contribution in [2.75, 3.05) is 38.9 Å². The van der Waals surface area contributed by atoms with E-state index in [9.17, 15) is 29.4 Å². The molecule has 0 saturated carbocycles. The van der Waals surface area contributed by atoms with Crippen LogP contribution in [0.4, 0.5) is 11.4 Å². The molecule has 0 heterocycles. The van der Waals surface area contributed by atoms with Crippen LogP contribution in [0.25, 0.3) is 12.2 Å². The number of methoxy groups -OCH3 is 2. The highest BCUT2D eigenvalue weighted by Gasteiger charge is 2.55. The number of esters is 2. The smallest absolute Gasteiger partial charge is 0.330 e. The van der Waals surface area contributed by atoms with Gasteiger partial charge >= 0.3 is 11.9 Å². The van der Waals surface area contributed by atoms with Gasteiger partial charge in [-0.15, -0.1) is 0 Å². The quantitative estimate of drug-likeness (QED) is 0.0160. The van der Waals surface area contributed by atoms with E-state index in [0.717, 1.165) is 11.1 Å². The third kappa shape index (κ3) is 15.1. The van der Waals surface area contributed by atoms with Gasteiger partial charge < -0.3 is 40.6 Å². The fourth-order valence-corrected chi connectivity index (χ4v) is 6.97. The Bertz CT molecular complexity index is 2040. The normalized spacial score (nSPS) is 11.7. The lowest BCUT2D eigenvalue weighted by atomic mass is 9.64. The number of nitrogens with two attached hydrogens (primary N) is 2. The third-order valence-electron chi connectivity index (χ3n) is 10.5. The van der Waals surface area contributed by atoms with E-state index in [1.54, 1.807) is 72.8 Å². The van der Waals surface area contributed by atoms with Crippen LogP contribution >= 0.6 is 0 Å². The molecule has 4 rings (SSSR count). The standard InChI is InChI=1S/C49H58N2O10/c1-58-46(54)29-23-36-19-25-41(26-20-36)60-31-11-3-5-15-40(52)35-48(33-38-13-7-9-16-43(38)50,34-39-14-8-10-17-44(39)51)49(56,57)45(53)18-6-4-12-32-61-42-27-21-37(22-28-42)24-30-47(55)59-2/h7-10,13-14,16-17,19-30,56-57H,3-6,11-12,15,18,31-35,50-51H2,1-2H3. The van der Waals surface area contributed by atoms with E-state index in [1.165, 1.54) is 26.4 Å². The predicted octanol–water partition coefficient (Wildman–Crippen LogP) is 7.48. The second-order valence-corrected chi connectivity index (χ2v) is 15.0. The maximum absolute atomic E-state index is 14.0. The Kier molecular flexibility index (Phi) is 18.8. The van der Waals surface area contributed by atoms with Crippen molar-refractivity contribution in [3.05, 3.63) is 131 Å². The lowest BCUT2D eigenvalue weighted by Crippen LogP contribution is -2.57. The minimum absolute atomic E-state index is 0.0608. The van der Waals surface area contributed by atoms with Gasteiger partial charge in [-0.05, 0) is 122 Å². The van der Waals surface area contributed by atoms with Crippen LogP contribution in [-0.2, 0) is 41.5 Å². The highest BCUT2D eigenvalue weighted by Crippen LogP contribution is 2.44. The number of carbonyl (C=O) groups excluding carboxylic acids is 4. The van der Waals surface area contributed by atoms with Gasteiger partial charge in [0.15, 0.2) is 5.78 Å². The van der Waals surface area contributed by atoms with Crippen molar-refractivity contribution >= 4 is 47.0 Å². The Morgan fingerprint density at radius 1 is 0.574 bits per heavy atom. The third-order valence-corrected chi connectivity index (χ3v) is 10.5. The molecule has 12 nitrogen and oxygen atoms in total. The molecule has 0 spiro atoms.